The van der Waals surface area contributed by atoms with Gasteiger partial charge >= 0.3 is 0 Å². The first-order chi connectivity index (χ1) is 6.79. The zero-order valence-electron chi connectivity index (χ0n) is 8.20. The van der Waals surface area contributed by atoms with Crippen molar-refractivity contribution >= 4 is 27.3 Å². The summed E-state index contributed by atoms with van der Waals surface area (Å²) < 4.78 is 6.58. The molecule has 0 aliphatic carbocycles. The van der Waals surface area contributed by atoms with Crippen LogP contribution in [0.1, 0.15) is 11.3 Å². The molecule has 0 amide bonds. The number of halogens is 1. The Morgan fingerprint density at radius 3 is 3.14 bits per heavy atom. The summed E-state index contributed by atoms with van der Waals surface area (Å²) in [5.41, 5.74) is 0. The van der Waals surface area contributed by atoms with Crippen molar-refractivity contribution in [3.8, 4) is 0 Å². The summed E-state index contributed by atoms with van der Waals surface area (Å²) in [5, 5.41) is 2.13. The van der Waals surface area contributed by atoms with Crippen LogP contribution >= 0.6 is 27.3 Å². The summed E-state index contributed by atoms with van der Waals surface area (Å²) in [6, 6.07) is 2.11. The molecule has 2 nitrogen and oxygen atoms in total. The van der Waals surface area contributed by atoms with E-state index < -0.39 is 0 Å². The molecule has 0 N–H and O–H groups in total. The standard InChI is InChI=1S/C10H14BrNOS/c1-13-8-2-4-12(6-8)7-10-9(11)3-5-14-10/h3,5,8H,2,4,6-7H2,1H3. The normalized spacial score (nSPS) is 23.1. The zero-order valence-corrected chi connectivity index (χ0v) is 10.6. The molecule has 1 fully saturated rings. The molecule has 78 valence electrons. The molecule has 0 saturated carbocycles. The van der Waals surface area contributed by atoms with E-state index in [-0.39, 0.29) is 0 Å². The molecule has 2 heterocycles. The van der Waals surface area contributed by atoms with Crippen LogP contribution in [0.15, 0.2) is 15.9 Å². The molecule has 1 aliphatic heterocycles. The maximum atomic E-state index is 5.34. The highest BCUT2D eigenvalue weighted by Crippen LogP contribution is 2.25. The smallest absolute Gasteiger partial charge is 0.0710 e. The minimum absolute atomic E-state index is 0.439. The molecule has 1 aliphatic rings. The molecule has 1 unspecified atom stereocenters. The molecule has 14 heavy (non-hydrogen) atoms. The van der Waals surface area contributed by atoms with Gasteiger partial charge in [-0.1, -0.05) is 0 Å². The molecule has 1 atom stereocenters. The van der Waals surface area contributed by atoms with Gasteiger partial charge in [0.1, 0.15) is 0 Å². The van der Waals surface area contributed by atoms with Crippen molar-refractivity contribution in [2.24, 2.45) is 0 Å². The van der Waals surface area contributed by atoms with Gasteiger partial charge < -0.3 is 4.74 Å². The molecule has 2 rings (SSSR count). The fourth-order valence-corrected chi connectivity index (χ4v) is 3.29. The highest BCUT2D eigenvalue weighted by atomic mass is 79.9. The Hall–Kier alpha value is 0.100. The third-order valence-corrected chi connectivity index (χ3v) is 4.53. The summed E-state index contributed by atoms with van der Waals surface area (Å²) in [4.78, 5) is 3.87. The number of rotatable bonds is 3. The summed E-state index contributed by atoms with van der Waals surface area (Å²) >= 11 is 5.37. The van der Waals surface area contributed by atoms with Crippen molar-refractivity contribution in [3.63, 3.8) is 0 Å². The Morgan fingerprint density at radius 2 is 2.57 bits per heavy atom. The molecule has 1 aromatic rings. The van der Waals surface area contributed by atoms with E-state index >= 15 is 0 Å². The second kappa shape index (κ2) is 4.75. The average Bonchev–Trinajstić information content (AvgIpc) is 2.77. The first kappa shape index (κ1) is 10.6. The van der Waals surface area contributed by atoms with Crippen molar-refractivity contribution < 1.29 is 4.74 Å². The lowest BCUT2D eigenvalue weighted by atomic mass is 10.3. The lowest BCUT2D eigenvalue weighted by molar-refractivity contribution is 0.107. The molecule has 1 saturated heterocycles. The lowest BCUT2D eigenvalue weighted by Crippen LogP contribution is -2.22. The fourth-order valence-electron chi connectivity index (χ4n) is 1.77. The van der Waals surface area contributed by atoms with Gasteiger partial charge in [0, 0.05) is 36.1 Å². The molecule has 0 aromatic carbocycles. The van der Waals surface area contributed by atoms with Crippen LogP contribution in [-0.2, 0) is 11.3 Å². The fraction of sp³-hybridized carbons (Fsp3) is 0.600. The number of hydrogen-bond acceptors (Lipinski definition) is 3. The van der Waals surface area contributed by atoms with Crippen molar-refractivity contribution in [1.82, 2.24) is 4.90 Å². The first-order valence-electron chi connectivity index (χ1n) is 4.76. The van der Waals surface area contributed by atoms with Crippen LogP contribution in [0.4, 0.5) is 0 Å². The van der Waals surface area contributed by atoms with Crippen molar-refractivity contribution in [2.75, 3.05) is 20.2 Å². The van der Waals surface area contributed by atoms with Crippen molar-refractivity contribution in [3.05, 3.63) is 20.8 Å². The predicted octanol–water partition coefficient (Wildman–Crippen LogP) is 2.73. The van der Waals surface area contributed by atoms with Crippen LogP contribution in [0.3, 0.4) is 0 Å². The van der Waals surface area contributed by atoms with Crippen molar-refractivity contribution in [2.45, 2.75) is 19.1 Å². The van der Waals surface area contributed by atoms with Gasteiger partial charge in [-0.2, -0.15) is 0 Å². The maximum Gasteiger partial charge on any atom is 0.0710 e. The number of ether oxygens (including phenoxy) is 1. The highest BCUT2D eigenvalue weighted by Gasteiger charge is 2.22. The topological polar surface area (TPSA) is 12.5 Å². The predicted molar refractivity (Wildman–Crippen MR) is 62.7 cm³/mol. The third-order valence-electron chi connectivity index (χ3n) is 2.62. The number of hydrogen-bond donors (Lipinski definition) is 0. The summed E-state index contributed by atoms with van der Waals surface area (Å²) in [7, 11) is 1.80. The van der Waals surface area contributed by atoms with Gasteiger partial charge in [0.05, 0.1) is 6.10 Å². The molecule has 0 spiro atoms. The molecular weight excluding hydrogens is 262 g/mol. The Kier molecular flexibility index (Phi) is 3.60. The zero-order chi connectivity index (χ0) is 9.97. The molecule has 0 bridgehead atoms. The van der Waals surface area contributed by atoms with E-state index in [4.69, 9.17) is 4.74 Å². The molecule has 0 radical (unpaired) electrons. The Bertz CT molecular complexity index is 302. The van der Waals surface area contributed by atoms with Crippen LogP contribution in [0.5, 0.6) is 0 Å². The molecule has 1 aromatic heterocycles. The van der Waals surface area contributed by atoms with Crippen LogP contribution in [-0.4, -0.2) is 31.2 Å². The SMILES string of the molecule is COC1CCN(Cc2sccc2Br)C1. The third kappa shape index (κ3) is 2.37. The Morgan fingerprint density at radius 1 is 1.71 bits per heavy atom. The number of likely N-dealkylation sites (tertiary alicyclic amines) is 1. The van der Waals surface area contributed by atoms with E-state index in [1.807, 2.05) is 11.3 Å². The van der Waals surface area contributed by atoms with E-state index in [9.17, 15) is 0 Å². The first-order valence-corrected chi connectivity index (χ1v) is 6.44. The monoisotopic (exact) mass is 275 g/mol. The van der Waals surface area contributed by atoms with Crippen LogP contribution in [0.25, 0.3) is 0 Å². The quantitative estimate of drug-likeness (QED) is 0.841. The van der Waals surface area contributed by atoms with Gasteiger partial charge in [0.2, 0.25) is 0 Å². The number of nitrogens with zero attached hydrogens (tertiary/aromatic N) is 1. The van der Waals surface area contributed by atoms with Gasteiger partial charge in [0.15, 0.2) is 0 Å². The van der Waals surface area contributed by atoms with E-state index in [0.29, 0.717) is 6.10 Å². The van der Waals surface area contributed by atoms with Crippen LogP contribution in [0, 0.1) is 0 Å². The molecule has 4 heteroatoms. The molecular formula is C10H14BrNOS. The van der Waals surface area contributed by atoms with E-state index in [1.54, 1.807) is 7.11 Å². The summed E-state index contributed by atoms with van der Waals surface area (Å²) in [6.45, 7) is 3.28. The highest BCUT2D eigenvalue weighted by molar-refractivity contribution is 9.10. The van der Waals surface area contributed by atoms with Crippen molar-refractivity contribution in [1.29, 1.82) is 0 Å². The maximum absolute atomic E-state index is 5.34. The minimum atomic E-state index is 0.439. The van der Waals surface area contributed by atoms with E-state index in [1.165, 1.54) is 15.8 Å². The van der Waals surface area contributed by atoms with Gasteiger partial charge in [0.25, 0.3) is 0 Å². The van der Waals surface area contributed by atoms with Gasteiger partial charge in [-0.25, -0.2) is 0 Å². The summed E-state index contributed by atoms with van der Waals surface area (Å²) in [5.74, 6) is 0. The van der Waals surface area contributed by atoms with E-state index in [2.05, 4.69) is 32.3 Å². The van der Waals surface area contributed by atoms with Gasteiger partial charge in [-0.15, -0.1) is 11.3 Å². The summed E-state index contributed by atoms with van der Waals surface area (Å²) in [6.07, 6.45) is 1.60. The number of methoxy groups -OCH3 is 1. The second-order valence-electron chi connectivity index (χ2n) is 3.57. The van der Waals surface area contributed by atoms with E-state index in [0.717, 1.165) is 19.6 Å². The largest absolute Gasteiger partial charge is 0.380 e. The Labute approximate surface area is 97.0 Å². The van der Waals surface area contributed by atoms with Crippen LogP contribution in [0.2, 0.25) is 0 Å². The Balaban J connectivity index is 1.90. The second-order valence-corrected chi connectivity index (χ2v) is 5.43. The van der Waals surface area contributed by atoms with Gasteiger partial charge in [-0.3, -0.25) is 4.90 Å². The van der Waals surface area contributed by atoms with Crippen LogP contribution < -0.4 is 0 Å². The number of thiophene rings is 1. The minimum Gasteiger partial charge on any atom is -0.380 e. The average molecular weight is 276 g/mol. The lowest BCUT2D eigenvalue weighted by Gasteiger charge is -2.14. The van der Waals surface area contributed by atoms with Gasteiger partial charge in [-0.05, 0) is 33.8 Å².